The first-order valence-electron chi connectivity index (χ1n) is 7.51. The van der Waals surface area contributed by atoms with Crippen molar-refractivity contribution in [2.75, 3.05) is 7.11 Å². The number of sulfonamides is 1. The molecule has 0 amide bonds. The van der Waals surface area contributed by atoms with E-state index in [2.05, 4.69) is 0 Å². The standard InChI is InChI=1S/C17H17ClFNO3S/c1-23-14-6-2-12(3-7-14)11-20(13-4-5-13)24(21,22)15-8-9-17(19)16(18)10-15/h2-3,6-10,13H,4-5,11H2,1H3. The predicted octanol–water partition coefficient (Wildman–Crippen LogP) is 3.84. The summed E-state index contributed by atoms with van der Waals surface area (Å²) in [5.74, 6) is 0.0774. The Balaban J connectivity index is 1.90. The van der Waals surface area contributed by atoms with Gasteiger partial charge >= 0.3 is 0 Å². The van der Waals surface area contributed by atoms with Crippen molar-refractivity contribution in [2.24, 2.45) is 0 Å². The third-order valence-electron chi connectivity index (χ3n) is 3.95. The molecular formula is C17H17ClFNO3S. The lowest BCUT2D eigenvalue weighted by Gasteiger charge is -2.22. The quantitative estimate of drug-likeness (QED) is 0.777. The van der Waals surface area contributed by atoms with E-state index in [9.17, 15) is 12.8 Å². The monoisotopic (exact) mass is 369 g/mol. The molecule has 24 heavy (non-hydrogen) atoms. The number of benzene rings is 2. The molecule has 2 aromatic rings. The molecule has 7 heteroatoms. The SMILES string of the molecule is COc1ccc(CN(C2CC2)S(=O)(=O)c2ccc(F)c(Cl)c2)cc1. The van der Waals surface area contributed by atoms with Crippen LogP contribution in [0.25, 0.3) is 0 Å². The number of rotatable bonds is 6. The lowest BCUT2D eigenvalue weighted by molar-refractivity contribution is 0.397. The fourth-order valence-corrected chi connectivity index (χ4v) is 4.40. The molecule has 128 valence electrons. The zero-order valence-electron chi connectivity index (χ0n) is 13.1. The second-order valence-electron chi connectivity index (χ2n) is 5.71. The van der Waals surface area contributed by atoms with Gasteiger partial charge in [0.2, 0.25) is 10.0 Å². The van der Waals surface area contributed by atoms with Gasteiger partial charge in [-0.3, -0.25) is 0 Å². The molecule has 1 aliphatic rings. The van der Waals surface area contributed by atoms with Crippen molar-refractivity contribution in [3.63, 3.8) is 0 Å². The van der Waals surface area contributed by atoms with Gasteiger partial charge in [0, 0.05) is 12.6 Å². The lowest BCUT2D eigenvalue weighted by Crippen LogP contribution is -2.32. The Hall–Kier alpha value is -1.63. The van der Waals surface area contributed by atoms with Crippen LogP contribution in [0.4, 0.5) is 4.39 Å². The highest BCUT2D eigenvalue weighted by atomic mass is 35.5. The highest BCUT2D eigenvalue weighted by Crippen LogP contribution is 2.34. The molecule has 1 fully saturated rings. The Morgan fingerprint density at radius 3 is 2.42 bits per heavy atom. The first kappa shape index (κ1) is 17.2. The molecule has 0 radical (unpaired) electrons. The van der Waals surface area contributed by atoms with Crippen molar-refractivity contribution in [3.8, 4) is 5.75 Å². The van der Waals surface area contributed by atoms with E-state index in [1.54, 1.807) is 19.2 Å². The Bertz CT molecular complexity index is 835. The maximum Gasteiger partial charge on any atom is 0.243 e. The molecule has 0 aromatic heterocycles. The summed E-state index contributed by atoms with van der Waals surface area (Å²) in [4.78, 5) is 0.00862. The Morgan fingerprint density at radius 2 is 1.88 bits per heavy atom. The van der Waals surface area contributed by atoms with Gasteiger partial charge in [0.05, 0.1) is 17.0 Å². The smallest absolute Gasteiger partial charge is 0.243 e. The van der Waals surface area contributed by atoms with Crippen LogP contribution in [0.15, 0.2) is 47.4 Å². The molecule has 0 atom stereocenters. The Morgan fingerprint density at radius 1 is 1.21 bits per heavy atom. The topological polar surface area (TPSA) is 46.6 Å². The van der Waals surface area contributed by atoms with Gasteiger partial charge in [-0.15, -0.1) is 0 Å². The molecule has 0 saturated heterocycles. The molecule has 1 saturated carbocycles. The van der Waals surface area contributed by atoms with Crippen LogP contribution in [-0.2, 0) is 16.6 Å². The first-order chi connectivity index (χ1) is 11.4. The van der Waals surface area contributed by atoms with E-state index in [1.807, 2.05) is 12.1 Å². The van der Waals surface area contributed by atoms with Gasteiger partial charge in [-0.2, -0.15) is 4.31 Å². The van der Waals surface area contributed by atoms with Crippen molar-refractivity contribution < 1.29 is 17.5 Å². The van der Waals surface area contributed by atoms with Gasteiger partial charge in [-0.1, -0.05) is 23.7 Å². The number of methoxy groups -OCH3 is 1. The molecule has 0 bridgehead atoms. The maximum atomic E-state index is 13.3. The average molecular weight is 370 g/mol. The van der Waals surface area contributed by atoms with Crippen molar-refractivity contribution in [1.82, 2.24) is 4.31 Å². The van der Waals surface area contributed by atoms with Gasteiger partial charge < -0.3 is 4.74 Å². The fourth-order valence-electron chi connectivity index (χ4n) is 2.46. The van der Waals surface area contributed by atoms with Gasteiger partial charge in [0.25, 0.3) is 0 Å². The van der Waals surface area contributed by atoms with Crippen molar-refractivity contribution in [3.05, 3.63) is 58.9 Å². The summed E-state index contributed by atoms with van der Waals surface area (Å²) < 4.78 is 45.7. The minimum atomic E-state index is -3.74. The summed E-state index contributed by atoms with van der Waals surface area (Å²) in [6.45, 7) is 0.256. The van der Waals surface area contributed by atoms with E-state index < -0.39 is 15.8 Å². The van der Waals surface area contributed by atoms with Crippen LogP contribution in [0.3, 0.4) is 0 Å². The molecule has 1 aliphatic carbocycles. The Labute approximate surface area is 145 Å². The summed E-state index contributed by atoms with van der Waals surface area (Å²) in [6.07, 6.45) is 1.65. The number of hydrogen-bond donors (Lipinski definition) is 0. The highest BCUT2D eigenvalue weighted by molar-refractivity contribution is 7.89. The van der Waals surface area contributed by atoms with Gasteiger partial charge in [0.1, 0.15) is 11.6 Å². The summed E-state index contributed by atoms with van der Waals surface area (Å²) in [7, 11) is -2.16. The zero-order valence-corrected chi connectivity index (χ0v) is 14.6. The fraction of sp³-hybridized carbons (Fsp3) is 0.294. The largest absolute Gasteiger partial charge is 0.497 e. The van der Waals surface area contributed by atoms with Crippen LogP contribution in [0.2, 0.25) is 5.02 Å². The zero-order chi connectivity index (χ0) is 17.3. The molecule has 4 nitrogen and oxygen atoms in total. The number of nitrogens with zero attached hydrogens (tertiary/aromatic N) is 1. The normalized spacial score (nSPS) is 14.8. The van der Waals surface area contributed by atoms with E-state index in [0.29, 0.717) is 5.75 Å². The summed E-state index contributed by atoms with van der Waals surface area (Å²) in [6, 6.07) is 10.7. The van der Waals surface area contributed by atoms with Crippen molar-refractivity contribution in [2.45, 2.75) is 30.3 Å². The van der Waals surface area contributed by atoms with Crippen molar-refractivity contribution in [1.29, 1.82) is 0 Å². The van der Waals surface area contributed by atoms with Gasteiger partial charge in [0.15, 0.2) is 0 Å². The third kappa shape index (κ3) is 3.55. The minimum absolute atomic E-state index is 0.00862. The van der Waals surface area contributed by atoms with Crippen LogP contribution >= 0.6 is 11.6 Å². The van der Waals surface area contributed by atoms with E-state index in [0.717, 1.165) is 30.5 Å². The minimum Gasteiger partial charge on any atom is -0.497 e. The molecule has 0 heterocycles. The predicted molar refractivity (Wildman–Crippen MR) is 90.2 cm³/mol. The second kappa shape index (κ2) is 6.70. The first-order valence-corrected chi connectivity index (χ1v) is 9.33. The van der Waals surface area contributed by atoms with Crippen LogP contribution in [-0.4, -0.2) is 25.9 Å². The molecular weight excluding hydrogens is 353 g/mol. The molecule has 2 aromatic carbocycles. The van der Waals surface area contributed by atoms with E-state index in [-0.39, 0.29) is 22.5 Å². The lowest BCUT2D eigenvalue weighted by atomic mass is 10.2. The second-order valence-corrected chi connectivity index (χ2v) is 8.00. The molecule has 0 aliphatic heterocycles. The van der Waals surface area contributed by atoms with E-state index in [1.165, 1.54) is 10.4 Å². The Kier molecular flexibility index (Phi) is 4.80. The van der Waals surface area contributed by atoms with E-state index in [4.69, 9.17) is 16.3 Å². The molecule has 0 spiro atoms. The van der Waals surface area contributed by atoms with Crippen molar-refractivity contribution >= 4 is 21.6 Å². The van der Waals surface area contributed by atoms with Crippen LogP contribution in [0, 0.1) is 5.82 Å². The van der Waals surface area contributed by atoms with Crippen LogP contribution in [0.1, 0.15) is 18.4 Å². The highest BCUT2D eigenvalue weighted by Gasteiger charge is 2.38. The summed E-state index contributed by atoms with van der Waals surface area (Å²) >= 11 is 5.74. The maximum absolute atomic E-state index is 13.3. The van der Waals surface area contributed by atoms with Gasteiger partial charge in [-0.25, -0.2) is 12.8 Å². The summed E-state index contributed by atoms with van der Waals surface area (Å²) in [5, 5.41) is -0.198. The molecule has 0 unspecified atom stereocenters. The number of halogens is 2. The average Bonchev–Trinajstić information content (AvgIpc) is 3.40. The molecule has 0 N–H and O–H groups in total. The van der Waals surface area contributed by atoms with Crippen LogP contribution < -0.4 is 4.74 Å². The van der Waals surface area contributed by atoms with E-state index >= 15 is 0 Å². The summed E-state index contributed by atoms with van der Waals surface area (Å²) in [5.41, 5.74) is 0.861. The van der Waals surface area contributed by atoms with Crippen LogP contribution in [0.5, 0.6) is 5.75 Å². The third-order valence-corrected chi connectivity index (χ3v) is 6.13. The number of hydrogen-bond acceptors (Lipinski definition) is 3. The number of ether oxygens (including phenoxy) is 1. The molecule has 3 rings (SSSR count). The van der Waals surface area contributed by atoms with Gasteiger partial charge in [-0.05, 0) is 48.7 Å².